The average Bonchev–Trinajstić information content (AvgIpc) is 3.56. The van der Waals surface area contributed by atoms with Gasteiger partial charge >= 0.3 is 0 Å². The maximum atomic E-state index is 12.5. The number of nitrogens with zero attached hydrogens (tertiary/aromatic N) is 8. The molecule has 5 rings (SSSR count). The molecule has 0 spiro atoms. The van der Waals surface area contributed by atoms with Crippen LogP contribution in [0, 0.1) is 10.1 Å². The van der Waals surface area contributed by atoms with E-state index in [0.29, 0.717) is 22.5 Å². The Morgan fingerprint density at radius 2 is 1.62 bits per heavy atom. The first-order chi connectivity index (χ1) is 18.1. The van der Waals surface area contributed by atoms with Crippen molar-refractivity contribution in [2.75, 3.05) is 11.1 Å². The number of hydrogen-bond acceptors (Lipinski definition) is 9. The van der Waals surface area contributed by atoms with Crippen molar-refractivity contribution in [3.63, 3.8) is 0 Å². The number of nitro benzene ring substituents is 1. The van der Waals surface area contributed by atoms with E-state index in [4.69, 9.17) is 0 Å². The van der Waals surface area contributed by atoms with E-state index in [1.165, 1.54) is 40.8 Å². The van der Waals surface area contributed by atoms with E-state index < -0.39 is 4.92 Å². The van der Waals surface area contributed by atoms with E-state index >= 15 is 0 Å². The van der Waals surface area contributed by atoms with E-state index in [-0.39, 0.29) is 23.9 Å². The standard InChI is InChI=1S/C24H19N9O3S/c34-22(25-18-11-13-20(14-12-18)33(35)36)16-37-24-28-26-21(32(24)19-9-5-2-6-10-19)15-31-29-23(27-30-31)17-7-3-1-4-8-17/h1-14H,15-16H2,(H,25,34). The van der Waals surface area contributed by atoms with Crippen LogP contribution in [-0.4, -0.2) is 51.6 Å². The Balaban J connectivity index is 1.32. The largest absolute Gasteiger partial charge is 0.325 e. The van der Waals surface area contributed by atoms with E-state index in [2.05, 4.69) is 30.9 Å². The number of thioether (sulfide) groups is 1. The number of nitrogens with one attached hydrogen (secondary N) is 1. The summed E-state index contributed by atoms with van der Waals surface area (Å²) in [6.07, 6.45) is 0. The van der Waals surface area contributed by atoms with Crippen LogP contribution in [0.4, 0.5) is 11.4 Å². The third kappa shape index (κ3) is 5.67. The summed E-state index contributed by atoms with van der Waals surface area (Å²) in [5.41, 5.74) is 2.10. The lowest BCUT2D eigenvalue weighted by molar-refractivity contribution is -0.384. The lowest BCUT2D eigenvalue weighted by Crippen LogP contribution is -2.15. The second-order valence-electron chi connectivity index (χ2n) is 7.72. The summed E-state index contributed by atoms with van der Waals surface area (Å²) in [6.45, 7) is 0.220. The van der Waals surface area contributed by atoms with Gasteiger partial charge in [-0.05, 0) is 29.5 Å². The van der Waals surface area contributed by atoms with Crippen molar-refractivity contribution in [3.8, 4) is 17.1 Å². The van der Waals surface area contributed by atoms with Crippen LogP contribution in [0.25, 0.3) is 17.1 Å². The fourth-order valence-electron chi connectivity index (χ4n) is 3.47. The number of aromatic nitrogens is 7. The number of rotatable bonds is 9. The van der Waals surface area contributed by atoms with E-state index in [1.54, 1.807) is 0 Å². The SMILES string of the molecule is O=C(CSc1nnc(Cn2nnc(-c3ccccc3)n2)n1-c1ccccc1)Nc1ccc([N+](=O)[O-])cc1. The third-order valence-electron chi connectivity index (χ3n) is 5.18. The Morgan fingerprint density at radius 1 is 0.919 bits per heavy atom. The average molecular weight is 514 g/mol. The lowest BCUT2D eigenvalue weighted by atomic mass is 10.2. The molecule has 0 saturated carbocycles. The normalized spacial score (nSPS) is 10.8. The van der Waals surface area contributed by atoms with Gasteiger partial charge in [0.05, 0.1) is 10.7 Å². The summed E-state index contributed by atoms with van der Waals surface area (Å²) in [5, 5.41) is 35.4. The molecule has 3 aromatic carbocycles. The number of hydrogen-bond donors (Lipinski definition) is 1. The highest BCUT2D eigenvalue weighted by Crippen LogP contribution is 2.23. The topological polar surface area (TPSA) is 147 Å². The first-order valence-corrected chi connectivity index (χ1v) is 12.1. The zero-order valence-electron chi connectivity index (χ0n) is 19.2. The molecule has 184 valence electrons. The molecule has 12 nitrogen and oxygen atoms in total. The van der Waals surface area contributed by atoms with Gasteiger partial charge < -0.3 is 5.32 Å². The predicted octanol–water partition coefficient (Wildman–Crippen LogP) is 3.61. The summed E-state index contributed by atoms with van der Waals surface area (Å²) < 4.78 is 1.84. The van der Waals surface area contributed by atoms with Gasteiger partial charge in [0, 0.05) is 29.1 Å². The number of nitro groups is 1. The number of tetrazole rings is 1. The van der Waals surface area contributed by atoms with Crippen molar-refractivity contribution in [3.05, 3.63) is 101 Å². The van der Waals surface area contributed by atoms with Crippen LogP contribution in [0.5, 0.6) is 0 Å². The van der Waals surface area contributed by atoms with Crippen molar-refractivity contribution in [1.82, 2.24) is 35.0 Å². The molecule has 0 atom stereocenters. The van der Waals surface area contributed by atoms with Crippen molar-refractivity contribution in [1.29, 1.82) is 0 Å². The van der Waals surface area contributed by atoms with Gasteiger partial charge in [0.2, 0.25) is 11.7 Å². The summed E-state index contributed by atoms with van der Waals surface area (Å²) in [7, 11) is 0. The molecule has 0 saturated heterocycles. The van der Waals surface area contributed by atoms with Crippen molar-refractivity contribution < 1.29 is 9.72 Å². The maximum absolute atomic E-state index is 12.5. The Hall–Kier alpha value is -4.91. The van der Waals surface area contributed by atoms with Crippen LogP contribution in [-0.2, 0) is 11.3 Å². The van der Waals surface area contributed by atoms with E-state index in [9.17, 15) is 14.9 Å². The van der Waals surface area contributed by atoms with Gasteiger partial charge in [-0.2, -0.15) is 4.80 Å². The number of para-hydroxylation sites is 1. The lowest BCUT2D eigenvalue weighted by Gasteiger charge is -2.10. The molecule has 2 aromatic heterocycles. The van der Waals surface area contributed by atoms with Gasteiger partial charge in [0.25, 0.3) is 5.69 Å². The number of amides is 1. The second-order valence-corrected chi connectivity index (χ2v) is 8.66. The zero-order valence-corrected chi connectivity index (χ0v) is 20.0. The Kier molecular flexibility index (Phi) is 6.94. The fourth-order valence-corrected chi connectivity index (χ4v) is 4.24. The minimum atomic E-state index is -0.493. The molecule has 0 unspecified atom stereocenters. The van der Waals surface area contributed by atoms with Crippen LogP contribution in [0.3, 0.4) is 0 Å². The number of carbonyl (C=O) groups excluding carboxylic acids is 1. The van der Waals surface area contributed by atoms with Crippen molar-refractivity contribution in [2.45, 2.75) is 11.7 Å². The minimum Gasteiger partial charge on any atom is -0.325 e. The number of anilines is 1. The second kappa shape index (κ2) is 10.8. The van der Waals surface area contributed by atoms with Gasteiger partial charge in [0.15, 0.2) is 11.0 Å². The predicted molar refractivity (Wildman–Crippen MR) is 136 cm³/mol. The molecule has 37 heavy (non-hydrogen) atoms. The van der Waals surface area contributed by atoms with Gasteiger partial charge in [-0.3, -0.25) is 19.5 Å². The monoisotopic (exact) mass is 513 g/mol. The Bertz CT molecular complexity index is 1520. The molecule has 0 fully saturated rings. The smallest absolute Gasteiger partial charge is 0.269 e. The first-order valence-electron chi connectivity index (χ1n) is 11.1. The highest BCUT2D eigenvalue weighted by atomic mass is 32.2. The van der Waals surface area contributed by atoms with E-state index in [0.717, 1.165) is 11.3 Å². The van der Waals surface area contributed by atoms with Crippen LogP contribution >= 0.6 is 11.8 Å². The van der Waals surface area contributed by atoms with Crippen LogP contribution in [0.1, 0.15) is 5.82 Å². The molecule has 2 heterocycles. The van der Waals surface area contributed by atoms with Gasteiger partial charge in [0.1, 0.15) is 6.54 Å². The molecular weight excluding hydrogens is 494 g/mol. The van der Waals surface area contributed by atoms with Crippen LogP contribution in [0.2, 0.25) is 0 Å². The maximum Gasteiger partial charge on any atom is 0.269 e. The number of benzene rings is 3. The highest BCUT2D eigenvalue weighted by Gasteiger charge is 2.18. The molecule has 1 amide bonds. The molecule has 13 heteroatoms. The molecular formula is C24H19N9O3S. The van der Waals surface area contributed by atoms with Crippen molar-refractivity contribution in [2.24, 2.45) is 0 Å². The summed E-state index contributed by atoms with van der Waals surface area (Å²) >= 11 is 1.21. The van der Waals surface area contributed by atoms with Crippen molar-refractivity contribution >= 4 is 29.0 Å². The molecule has 0 aliphatic rings. The quantitative estimate of drug-likeness (QED) is 0.177. The Labute approximate surface area is 214 Å². The first kappa shape index (κ1) is 23.8. The fraction of sp³-hybridized carbons (Fsp3) is 0.0833. The minimum absolute atomic E-state index is 0.0476. The molecule has 0 aliphatic carbocycles. The van der Waals surface area contributed by atoms with E-state index in [1.807, 2.05) is 65.2 Å². The summed E-state index contributed by atoms with van der Waals surface area (Å²) in [4.78, 5) is 24.3. The van der Waals surface area contributed by atoms with Crippen LogP contribution in [0.15, 0.2) is 90.1 Å². The number of carbonyl (C=O) groups is 1. The molecule has 0 radical (unpaired) electrons. The summed E-state index contributed by atoms with van der Waals surface area (Å²) in [6, 6.07) is 24.7. The summed E-state index contributed by atoms with van der Waals surface area (Å²) in [5.74, 6) is 0.848. The molecule has 0 bridgehead atoms. The van der Waals surface area contributed by atoms with Gasteiger partial charge in [-0.15, -0.1) is 20.4 Å². The molecule has 5 aromatic rings. The third-order valence-corrected chi connectivity index (χ3v) is 6.11. The highest BCUT2D eigenvalue weighted by molar-refractivity contribution is 7.99. The zero-order chi connectivity index (χ0) is 25.6. The van der Waals surface area contributed by atoms with Gasteiger partial charge in [-0.25, -0.2) is 0 Å². The van der Waals surface area contributed by atoms with Crippen LogP contribution < -0.4 is 5.32 Å². The number of non-ortho nitro benzene ring substituents is 1. The Morgan fingerprint density at radius 3 is 2.32 bits per heavy atom. The molecule has 1 N–H and O–H groups in total. The van der Waals surface area contributed by atoms with Gasteiger partial charge in [-0.1, -0.05) is 60.3 Å². The molecule has 0 aliphatic heterocycles.